The van der Waals surface area contributed by atoms with Crippen LogP contribution in [0.4, 0.5) is 0 Å². The molecule has 106 valence electrons. The molecule has 0 radical (unpaired) electrons. The Morgan fingerprint density at radius 1 is 1.05 bits per heavy atom. The minimum absolute atomic E-state index is 0.307. The SMILES string of the molecule is CCOC(=O)c1oc2ccccc2c1Cc1ccccc1. The number of esters is 1. The van der Waals surface area contributed by atoms with Gasteiger partial charge in [-0.3, -0.25) is 0 Å². The number of hydrogen-bond donors (Lipinski definition) is 0. The Labute approximate surface area is 123 Å². The van der Waals surface area contributed by atoms with Crippen LogP contribution in [0.5, 0.6) is 0 Å². The van der Waals surface area contributed by atoms with Gasteiger partial charge in [0.15, 0.2) is 0 Å². The average molecular weight is 280 g/mol. The molecule has 0 atom stereocenters. The minimum Gasteiger partial charge on any atom is -0.460 e. The molecule has 1 aromatic heterocycles. The lowest BCUT2D eigenvalue weighted by Crippen LogP contribution is -2.06. The fourth-order valence-electron chi connectivity index (χ4n) is 2.44. The van der Waals surface area contributed by atoms with Crippen molar-refractivity contribution in [2.24, 2.45) is 0 Å². The summed E-state index contributed by atoms with van der Waals surface area (Å²) >= 11 is 0. The van der Waals surface area contributed by atoms with E-state index < -0.39 is 5.97 Å². The van der Waals surface area contributed by atoms with E-state index in [0.717, 1.165) is 16.5 Å². The third-order valence-electron chi connectivity index (χ3n) is 3.38. The molecule has 0 aliphatic rings. The molecule has 0 saturated heterocycles. The monoisotopic (exact) mass is 280 g/mol. The number of furan rings is 1. The van der Waals surface area contributed by atoms with Crippen LogP contribution < -0.4 is 0 Å². The predicted octanol–water partition coefficient (Wildman–Crippen LogP) is 4.20. The van der Waals surface area contributed by atoms with Crippen molar-refractivity contribution < 1.29 is 13.9 Å². The molecule has 0 saturated carbocycles. The van der Waals surface area contributed by atoms with Crippen LogP contribution in [0.25, 0.3) is 11.0 Å². The highest BCUT2D eigenvalue weighted by Gasteiger charge is 2.21. The fraction of sp³-hybridized carbons (Fsp3) is 0.167. The Balaban J connectivity index is 2.09. The second kappa shape index (κ2) is 5.83. The molecule has 21 heavy (non-hydrogen) atoms. The molecule has 0 aliphatic heterocycles. The zero-order valence-corrected chi connectivity index (χ0v) is 11.8. The highest BCUT2D eigenvalue weighted by atomic mass is 16.5. The van der Waals surface area contributed by atoms with Gasteiger partial charge in [0.2, 0.25) is 5.76 Å². The molecule has 3 heteroatoms. The molecule has 0 bridgehead atoms. The number of fused-ring (bicyclic) bond motifs is 1. The molecule has 0 aliphatic carbocycles. The number of para-hydroxylation sites is 1. The molecular weight excluding hydrogens is 264 g/mol. The van der Waals surface area contributed by atoms with Crippen molar-refractivity contribution in [3.8, 4) is 0 Å². The third kappa shape index (κ3) is 2.68. The quantitative estimate of drug-likeness (QED) is 0.672. The first-order chi connectivity index (χ1) is 10.3. The van der Waals surface area contributed by atoms with E-state index in [1.165, 1.54) is 0 Å². The van der Waals surface area contributed by atoms with E-state index in [0.29, 0.717) is 24.4 Å². The van der Waals surface area contributed by atoms with Gasteiger partial charge in [-0.05, 0) is 18.6 Å². The van der Waals surface area contributed by atoms with Gasteiger partial charge in [-0.25, -0.2) is 4.79 Å². The molecule has 2 aromatic carbocycles. The number of carbonyl (C=O) groups is 1. The van der Waals surface area contributed by atoms with Gasteiger partial charge >= 0.3 is 5.97 Å². The molecule has 3 aromatic rings. The number of ether oxygens (including phenoxy) is 1. The maximum Gasteiger partial charge on any atom is 0.374 e. The van der Waals surface area contributed by atoms with Crippen LogP contribution in [0, 0.1) is 0 Å². The Bertz CT molecular complexity index is 756. The van der Waals surface area contributed by atoms with Crippen molar-refractivity contribution >= 4 is 16.9 Å². The van der Waals surface area contributed by atoms with Gasteiger partial charge in [0, 0.05) is 17.4 Å². The van der Waals surface area contributed by atoms with Crippen LogP contribution in [0.3, 0.4) is 0 Å². The molecule has 0 fully saturated rings. The number of hydrogen-bond acceptors (Lipinski definition) is 3. The summed E-state index contributed by atoms with van der Waals surface area (Å²) in [6.07, 6.45) is 0.645. The second-order valence-electron chi connectivity index (χ2n) is 4.79. The molecule has 3 rings (SSSR count). The van der Waals surface area contributed by atoms with E-state index in [4.69, 9.17) is 9.15 Å². The number of benzene rings is 2. The van der Waals surface area contributed by atoms with Crippen LogP contribution in [0.2, 0.25) is 0 Å². The van der Waals surface area contributed by atoms with E-state index >= 15 is 0 Å². The first-order valence-electron chi connectivity index (χ1n) is 7.01. The van der Waals surface area contributed by atoms with Crippen molar-refractivity contribution in [2.45, 2.75) is 13.3 Å². The van der Waals surface area contributed by atoms with Gasteiger partial charge in [-0.15, -0.1) is 0 Å². The van der Waals surface area contributed by atoms with E-state index in [-0.39, 0.29) is 0 Å². The predicted molar refractivity (Wildman–Crippen MR) is 81.4 cm³/mol. The van der Waals surface area contributed by atoms with Crippen LogP contribution in [0.1, 0.15) is 28.6 Å². The lowest BCUT2D eigenvalue weighted by Gasteiger charge is -2.03. The van der Waals surface area contributed by atoms with Crippen molar-refractivity contribution in [3.63, 3.8) is 0 Å². The smallest absolute Gasteiger partial charge is 0.374 e. The third-order valence-corrected chi connectivity index (χ3v) is 3.38. The molecule has 1 heterocycles. The average Bonchev–Trinajstić information content (AvgIpc) is 2.88. The highest BCUT2D eigenvalue weighted by Crippen LogP contribution is 2.28. The summed E-state index contributed by atoms with van der Waals surface area (Å²) in [5.41, 5.74) is 2.73. The van der Waals surface area contributed by atoms with Gasteiger partial charge in [0.05, 0.1) is 6.61 Å². The summed E-state index contributed by atoms with van der Waals surface area (Å²) in [5, 5.41) is 0.962. The first kappa shape index (κ1) is 13.4. The number of rotatable bonds is 4. The van der Waals surface area contributed by atoms with Crippen molar-refractivity contribution in [1.82, 2.24) is 0 Å². The normalized spacial score (nSPS) is 10.7. The molecule has 0 amide bonds. The summed E-state index contributed by atoms with van der Waals surface area (Å²) in [5.74, 6) is -0.0958. The van der Waals surface area contributed by atoms with Crippen LogP contribution in [0.15, 0.2) is 59.0 Å². The van der Waals surface area contributed by atoms with Crippen molar-refractivity contribution in [2.75, 3.05) is 6.61 Å². The van der Waals surface area contributed by atoms with E-state index in [1.54, 1.807) is 6.92 Å². The van der Waals surface area contributed by atoms with Crippen LogP contribution >= 0.6 is 0 Å². The number of carbonyl (C=O) groups excluding carboxylic acids is 1. The molecule has 0 N–H and O–H groups in total. The standard InChI is InChI=1S/C18H16O3/c1-2-20-18(19)17-15(12-13-8-4-3-5-9-13)14-10-6-7-11-16(14)21-17/h3-11H,2,12H2,1H3. The molecular formula is C18H16O3. The lowest BCUT2D eigenvalue weighted by molar-refractivity contribution is 0.0491. The van der Waals surface area contributed by atoms with Gasteiger partial charge < -0.3 is 9.15 Å². The van der Waals surface area contributed by atoms with Gasteiger partial charge in [0.25, 0.3) is 0 Å². The van der Waals surface area contributed by atoms with Gasteiger partial charge in [-0.1, -0.05) is 48.5 Å². The van der Waals surface area contributed by atoms with Crippen molar-refractivity contribution in [3.05, 3.63) is 71.5 Å². The van der Waals surface area contributed by atoms with Crippen LogP contribution in [-0.2, 0) is 11.2 Å². The highest BCUT2D eigenvalue weighted by molar-refractivity contribution is 5.96. The molecule has 0 unspecified atom stereocenters. The van der Waals surface area contributed by atoms with Gasteiger partial charge in [-0.2, -0.15) is 0 Å². The molecule has 3 nitrogen and oxygen atoms in total. The Morgan fingerprint density at radius 2 is 1.76 bits per heavy atom. The van der Waals surface area contributed by atoms with Crippen molar-refractivity contribution in [1.29, 1.82) is 0 Å². The lowest BCUT2D eigenvalue weighted by atomic mass is 10.0. The summed E-state index contributed by atoms with van der Waals surface area (Å²) in [6, 6.07) is 17.7. The second-order valence-corrected chi connectivity index (χ2v) is 4.79. The Hall–Kier alpha value is -2.55. The topological polar surface area (TPSA) is 39.4 Å². The largest absolute Gasteiger partial charge is 0.460 e. The van der Waals surface area contributed by atoms with Crippen LogP contribution in [-0.4, -0.2) is 12.6 Å². The van der Waals surface area contributed by atoms with E-state index in [2.05, 4.69) is 0 Å². The van der Waals surface area contributed by atoms with E-state index in [1.807, 2.05) is 54.6 Å². The zero-order chi connectivity index (χ0) is 14.7. The van der Waals surface area contributed by atoms with Gasteiger partial charge in [0.1, 0.15) is 5.58 Å². The Kier molecular flexibility index (Phi) is 3.73. The fourth-order valence-corrected chi connectivity index (χ4v) is 2.44. The summed E-state index contributed by atoms with van der Waals surface area (Å²) in [6.45, 7) is 2.12. The van der Waals surface area contributed by atoms with E-state index in [9.17, 15) is 4.79 Å². The maximum atomic E-state index is 12.1. The summed E-state index contributed by atoms with van der Waals surface area (Å²) in [7, 11) is 0. The zero-order valence-electron chi connectivity index (χ0n) is 11.8. The first-order valence-corrected chi connectivity index (χ1v) is 7.01. The Morgan fingerprint density at radius 3 is 2.52 bits per heavy atom. The summed E-state index contributed by atoms with van der Waals surface area (Å²) in [4.78, 5) is 12.1. The minimum atomic E-state index is -0.403. The summed E-state index contributed by atoms with van der Waals surface area (Å²) < 4.78 is 10.8. The molecule has 0 spiro atoms. The maximum absolute atomic E-state index is 12.1.